The predicted molar refractivity (Wildman–Crippen MR) is 143 cm³/mol. The maximum atomic E-state index is 12.9. The molecule has 0 atom stereocenters. The lowest BCUT2D eigenvalue weighted by molar-refractivity contribution is 0.102. The Morgan fingerprint density at radius 1 is 0.811 bits per heavy atom. The summed E-state index contributed by atoms with van der Waals surface area (Å²) in [4.78, 5) is 16.7. The van der Waals surface area contributed by atoms with Crippen molar-refractivity contribution in [3.8, 4) is 0 Å². The van der Waals surface area contributed by atoms with Crippen LogP contribution < -0.4 is 14.3 Å². The van der Waals surface area contributed by atoms with E-state index in [1.54, 1.807) is 12.1 Å². The van der Waals surface area contributed by atoms with Crippen molar-refractivity contribution in [1.82, 2.24) is 4.98 Å². The van der Waals surface area contributed by atoms with E-state index in [1.165, 1.54) is 92.1 Å². The summed E-state index contributed by atoms with van der Waals surface area (Å²) in [7, 11) is -6.24. The molecular weight excluding hydrogens is 536 g/mol. The third kappa shape index (κ3) is 6.08. The molecule has 4 aromatic rings. The topological polar surface area (TPSA) is 126 Å². The molecule has 0 spiro atoms. The molecule has 2 N–H and O–H groups in total. The number of pyridine rings is 1. The summed E-state index contributed by atoms with van der Waals surface area (Å²) in [6.45, 7) is 0. The highest BCUT2D eigenvalue weighted by atomic mass is 35.5. The van der Waals surface area contributed by atoms with Gasteiger partial charge in [-0.05, 0) is 84.9 Å². The summed E-state index contributed by atoms with van der Waals surface area (Å²) in [5.74, 6) is -0.257. The predicted octanol–water partition coefficient (Wildman–Crippen LogP) is 4.61. The fourth-order valence-electron chi connectivity index (χ4n) is 3.27. The van der Waals surface area contributed by atoms with Crippen LogP contribution in [-0.4, -0.2) is 34.8 Å². The minimum atomic E-state index is -3.84. The summed E-state index contributed by atoms with van der Waals surface area (Å²) >= 11 is 5.84. The van der Waals surface area contributed by atoms with Crippen molar-refractivity contribution in [2.75, 3.05) is 21.4 Å². The fourth-order valence-corrected chi connectivity index (χ4v) is 5.60. The zero-order valence-electron chi connectivity index (χ0n) is 19.4. The Hall–Kier alpha value is -3.93. The van der Waals surface area contributed by atoms with E-state index in [1.807, 2.05) is 0 Å². The zero-order valence-corrected chi connectivity index (χ0v) is 21.8. The Bertz CT molecular complexity index is 1610. The molecule has 0 saturated heterocycles. The van der Waals surface area contributed by atoms with Gasteiger partial charge >= 0.3 is 0 Å². The van der Waals surface area contributed by atoms with Gasteiger partial charge in [-0.2, -0.15) is 0 Å². The van der Waals surface area contributed by atoms with Crippen LogP contribution in [0.4, 0.5) is 17.2 Å². The Morgan fingerprint density at radius 3 is 2.03 bits per heavy atom. The van der Waals surface area contributed by atoms with Crippen molar-refractivity contribution >= 4 is 54.7 Å². The number of hydrogen-bond acceptors (Lipinski definition) is 6. The second kappa shape index (κ2) is 10.6. The van der Waals surface area contributed by atoms with Gasteiger partial charge < -0.3 is 5.32 Å². The number of rotatable bonds is 8. The van der Waals surface area contributed by atoms with Crippen LogP contribution in [0.2, 0.25) is 5.02 Å². The van der Waals surface area contributed by atoms with Crippen molar-refractivity contribution in [3.63, 3.8) is 0 Å². The van der Waals surface area contributed by atoms with E-state index in [2.05, 4.69) is 15.0 Å². The fraction of sp³-hybridized carbons (Fsp3) is 0.0400. The number of carbonyl (C=O) groups excluding carboxylic acids is 1. The minimum Gasteiger partial charge on any atom is -0.322 e. The van der Waals surface area contributed by atoms with Crippen LogP contribution in [0, 0.1) is 0 Å². The zero-order chi connectivity index (χ0) is 26.6. The van der Waals surface area contributed by atoms with Crippen molar-refractivity contribution in [2.24, 2.45) is 0 Å². The quantitative estimate of drug-likeness (QED) is 0.326. The highest BCUT2D eigenvalue weighted by molar-refractivity contribution is 7.93. The van der Waals surface area contributed by atoms with E-state index in [0.717, 1.165) is 4.31 Å². The van der Waals surface area contributed by atoms with E-state index >= 15 is 0 Å². The lowest BCUT2D eigenvalue weighted by Crippen LogP contribution is -2.26. The van der Waals surface area contributed by atoms with Gasteiger partial charge in [0.25, 0.3) is 26.0 Å². The van der Waals surface area contributed by atoms with Crippen LogP contribution in [0.15, 0.2) is 107 Å². The third-order valence-electron chi connectivity index (χ3n) is 5.29. The average molecular weight is 557 g/mol. The molecule has 0 bridgehead atoms. The van der Waals surface area contributed by atoms with E-state index in [0.29, 0.717) is 16.4 Å². The Kier molecular flexibility index (Phi) is 7.48. The normalized spacial score (nSPS) is 11.5. The minimum absolute atomic E-state index is 0.00504. The van der Waals surface area contributed by atoms with Crippen molar-refractivity contribution in [2.45, 2.75) is 9.79 Å². The molecule has 0 fully saturated rings. The van der Waals surface area contributed by atoms with Crippen molar-refractivity contribution in [1.29, 1.82) is 0 Å². The van der Waals surface area contributed by atoms with Gasteiger partial charge in [0.15, 0.2) is 0 Å². The molecule has 3 aromatic carbocycles. The van der Waals surface area contributed by atoms with Crippen LogP contribution in [0.5, 0.6) is 0 Å². The van der Waals surface area contributed by atoms with Crippen molar-refractivity contribution in [3.05, 3.63) is 108 Å². The first-order valence-electron chi connectivity index (χ1n) is 10.8. The maximum Gasteiger partial charge on any atom is 0.264 e. The number of aromatic nitrogens is 1. The first-order chi connectivity index (χ1) is 17.6. The number of benzene rings is 3. The van der Waals surface area contributed by atoms with Gasteiger partial charge in [-0.15, -0.1) is 0 Å². The largest absolute Gasteiger partial charge is 0.322 e. The highest BCUT2D eigenvalue weighted by Gasteiger charge is 2.21. The molecule has 1 aromatic heterocycles. The first-order valence-corrected chi connectivity index (χ1v) is 14.1. The molecule has 9 nitrogen and oxygen atoms in total. The van der Waals surface area contributed by atoms with Crippen molar-refractivity contribution < 1.29 is 21.6 Å². The van der Waals surface area contributed by atoms with Crippen LogP contribution in [0.25, 0.3) is 0 Å². The van der Waals surface area contributed by atoms with Crippen LogP contribution >= 0.6 is 11.6 Å². The van der Waals surface area contributed by atoms with Crippen LogP contribution in [0.3, 0.4) is 0 Å². The van der Waals surface area contributed by atoms with Gasteiger partial charge in [0, 0.05) is 29.5 Å². The molecule has 0 aliphatic rings. The Morgan fingerprint density at radius 2 is 1.43 bits per heavy atom. The Labute approximate surface area is 219 Å². The van der Waals surface area contributed by atoms with Gasteiger partial charge in [-0.25, -0.2) is 21.8 Å². The summed E-state index contributed by atoms with van der Waals surface area (Å²) in [5, 5.41) is 3.11. The molecule has 0 aliphatic heterocycles. The molecule has 0 aliphatic carbocycles. The molecule has 1 heterocycles. The van der Waals surface area contributed by atoms with Gasteiger partial charge in [-0.1, -0.05) is 17.7 Å². The second-order valence-electron chi connectivity index (χ2n) is 7.77. The molecule has 37 heavy (non-hydrogen) atoms. The monoisotopic (exact) mass is 556 g/mol. The number of sulfonamides is 2. The molecule has 12 heteroatoms. The molecule has 1 amide bonds. The summed E-state index contributed by atoms with van der Waals surface area (Å²) in [6, 6.07) is 22.4. The number of nitrogens with one attached hydrogen (secondary N) is 2. The van der Waals surface area contributed by atoms with Gasteiger partial charge in [0.05, 0.1) is 15.5 Å². The molecule has 0 unspecified atom stereocenters. The average Bonchev–Trinajstić information content (AvgIpc) is 2.89. The number of hydrogen-bond donors (Lipinski definition) is 2. The highest BCUT2D eigenvalue weighted by Crippen LogP contribution is 2.24. The van der Waals surface area contributed by atoms with E-state index in [-0.39, 0.29) is 21.2 Å². The molecule has 0 saturated carbocycles. The van der Waals surface area contributed by atoms with E-state index in [9.17, 15) is 21.6 Å². The molecule has 4 rings (SSSR count). The SMILES string of the molecule is CN(c1ccc(C(=O)Nc2ccc(S(=O)(=O)Nc3ccccn3)cc2)cc1)S(=O)(=O)c1ccc(Cl)cc1. The number of anilines is 3. The first kappa shape index (κ1) is 26.1. The number of carbonyl (C=O) groups is 1. The van der Waals surface area contributed by atoms with Gasteiger partial charge in [0.2, 0.25) is 0 Å². The molecule has 0 radical (unpaired) electrons. The maximum absolute atomic E-state index is 12.9. The van der Waals surface area contributed by atoms with Crippen LogP contribution in [0.1, 0.15) is 10.4 Å². The molecular formula is C25H21ClN4O5S2. The third-order valence-corrected chi connectivity index (χ3v) is 8.71. The second-order valence-corrected chi connectivity index (χ2v) is 11.9. The van der Waals surface area contributed by atoms with E-state index in [4.69, 9.17) is 11.6 Å². The number of amides is 1. The Balaban J connectivity index is 1.43. The lowest BCUT2D eigenvalue weighted by Gasteiger charge is -2.20. The summed E-state index contributed by atoms with van der Waals surface area (Å²) in [6.07, 6.45) is 1.47. The lowest BCUT2D eigenvalue weighted by atomic mass is 10.2. The van der Waals surface area contributed by atoms with Crippen LogP contribution in [-0.2, 0) is 20.0 Å². The number of halogens is 1. The van der Waals surface area contributed by atoms with E-state index < -0.39 is 26.0 Å². The summed E-state index contributed by atoms with van der Waals surface area (Å²) < 4.78 is 54.3. The standard InChI is InChI=1S/C25H21ClN4O5S2/c1-30(37(34,35)23-13-7-19(26)8-14-23)21-11-5-18(6-12-21)25(31)28-20-9-15-22(16-10-20)36(32,33)29-24-4-2-3-17-27-24/h2-17H,1H3,(H,27,29)(H,28,31). The summed E-state index contributed by atoms with van der Waals surface area (Å²) in [5.41, 5.74) is 1.03. The smallest absolute Gasteiger partial charge is 0.264 e. The van der Waals surface area contributed by atoms with Gasteiger partial charge in [0.1, 0.15) is 5.82 Å². The van der Waals surface area contributed by atoms with Gasteiger partial charge in [-0.3, -0.25) is 13.8 Å². The molecule has 190 valence electrons. The number of nitrogens with zero attached hydrogens (tertiary/aromatic N) is 2.